The second kappa shape index (κ2) is 4.13. The van der Waals surface area contributed by atoms with Gasteiger partial charge in [-0.05, 0) is 30.0 Å². The van der Waals surface area contributed by atoms with Gasteiger partial charge in [0.2, 0.25) is 0 Å². The Labute approximate surface area is 88.8 Å². The van der Waals surface area contributed by atoms with Gasteiger partial charge in [0.25, 0.3) is 0 Å². The zero-order chi connectivity index (χ0) is 10.7. The largest absolute Gasteiger partial charge is 0.383 e. The zero-order valence-corrected chi connectivity index (χ0v) is 8.72. The normalized spacial score (nSPS) is 10.5. The van der Waals surface area contributed by atoms with Crippen molar-refractivity contribution in [3.05, 3.63) is 41.9 Å². The molecular weight excluding hydrogens is 188 g/mol. The molecule has 0 spiro atoms. The monoisotopic (exact) mass is 202 g/mol. The molecule has 0 aliphatic heterocycles. The zero-order valence-electron chi connectivity index (χ0n) is 8.72. The van der Waals surface area contributed by atoms with Crippen LogP contribution in [0.4, 0.5) is 5.82 Å². The van der Waals surface area contributed by atoms with Crippen LogP contribution in [0.1, 0.15) is 11.1 Å². The molecule has 2 rings (SSSR count). The van der Waals surface area contributed by atoms with Crippen LogP contribution in [0.3, 0.4) is 0 Å². The van der Waals surface area contributed by atoms with E-state index in [0.29, 0.717) is 5.82 Å². The van der Waals surface area contributed by atoms with E-state index < -0.39 is 0 Å². The highest BCUT2D eigenvalue weighted by Crippen LogP contribution is 2.10. The van der Waals surface area contributed by atoms with Gasteiger partial charge in [-0.2, -0.15) is 5.10 Å². The molecule has 0 saturated carbocycles. The molecule has 0 atom stereocenters. The highest BCUT2D eigenvalue weighted by molar-refractivity contribution is 5.38. The van der Waals surface area contributed by atoms with Crippen molar-refractivity contribution in [2.45, 2.75) is 12.8 Å². The topological polar surface area (TPSA) is 56.7 Å². The van der Waals surface area contributed by atoms with E-state index in [4.69, 9.17) is 5.73 Å². The summed E-state index contributed by atoms with van der Waals surface area (Å²) in [5.74, 6) is 0.626. The Morgan fingerprint density at radius 1 is 1.40 bits per heavy atom. The smallest absolute Gasteiger partial charge is 0.126 e. The van der Waals surface area contributed by atoms with Crippen molar-refractivity contribution in [3.8, 4) is 0 Å². The maximum Gasteiger partial charge on any atom is 0.126 e. The van der Waals surface area contributed by atoms with Crippen molar-refractivity contribution >= 4 is 5.82 Å². The third-order valence-electron chi connectivity index (χ3n) is 2.37. The fourth-order valence-electron chi connectivity index (χ4n) is 1.54. The van der Waals surface area contributed by atoms with E-state index in [9.17, 15) is 0 Å². The van der Waals surface area contributed by atoms with Crippen LogP contribution in [-0.2, 0) is 19.9 Å². The number of hydrogen-bond acceptors (Lipinski definition) is 3. The highest BCUT2D eigenvalue weighted by atomic mass is 15.2. The van der Waals surface area contributed by atoms with E-state index in [-0.39, 0.29) is 0 Å². The average Bonchev–Trinajstić information content (AvgIpc) is 2.63. The molecular formula is C11H14N4. The minimum absolute atomic E-state index is 0.626. The molecule has 0 aliphatic rings. The van der Waals surface area contributed by atoms with E-state index in [1.807, 2.05) is 36.3 Å². The summed E-state index contributed by atoms with van der Waals surface area (Å²) in [5.41, 5.74) is 8.08. The van der Waals surface area contributed by atoms with Crippen molar-refractivity contribution < 1.29 is 0 Å². The summed E-state index contributed by atoms with van der Waals surface area (Å²) in [5, 5.41) is 4.12. The van der Waals surface area contributed by atoms with Crippen LogP contribution in [0.25, 0.3) is 0 Å². The van der Waals surface area contributed by atoms with Crippen LogP contribution >= 0.6 is 0 Å². The summed E-state index contributed by atoms with van der Waals surface area (Å²) in [6.45, 7) is 0. The van der Waals surface area contributed by atoms with E-state index in [1.54, 1.807) is 6.20 Å². The third-order valence-corrected chi connectivity index (χ3v) is 2.37. The summed E-state index contributed by atoms with van der Waals surface area (Å²) in [6.07, 6.45) is 7.47. The average molecular weight is 202 g/mol. The van der Waals surface area contributed by atoms with Crippen molar-refractivity contribution in [1.29, 1.82) is 0 Å². The first-order chi connectivity index (χ1) is 7.25. The number of rotatable bonds is 3. The Balaban J connectivity index is 2.02. The van der Waals surface area contributed by atoms with Crippen molar-refractivity contribution in [1.82, 2.24) is 14.8 Å². The molecule has 2 heterocycles. The molecule has 0 unspecified atom stereocenters. The van der Waals surface area contributed by atoms with E-state index in [0.717, 1.165) is 18.4 Å². The molecule has 2 aromatic heterocycles. The lowest BCUT2D eigenvalue weighted by molar-refractivity contribution is 0.766. The van der Waals surface area contributed by atoms with Gasteiger partial charge >= 0.3 is 0 Å². The lowest BCUT2D eigenvalue weighted by atomic mass is 10.1. The van der Waals surface area contributed by atoms with Gasteiger partial charge in [-0.15, -0.1) is 0 Å². The molecule has 0 radical (unpaired) electrons. The molecule has 0 saturated heterocycles. The fourth-order valence-corrected chi connectivity index (χ4v) is 1.54. The van der Waals surface area contributed by atoms with Gasteiger partial charge in [-0.3, -0.25) is 4.68 Å². The van der Waals surface area contributed by atoms with Gasteiger partial charge in [0, 0.05) is 19.4 Å². The molecule has 0 bridgehead atoms. The number of aryl methyl sites for hydroxylation is 3. The number of anilines is 1. The maximum atomic E-state index is 5.76. The van der Waals surface area contributed by atoms with E-state index >= 15 is 0 Å². The van der Waals surface area contributed by atoms with Gasteiger partial charge in [0.1, 0.15) is 5.82 Å². The van der Waals surface area contributed by atoms with Crippen LogP contribution in [-0.4, -0.2) is 14.8 Å². The summed E-state index contributed by atoms with van der Waals surface area (Å²) in [4.78, 5) is 4.05. The molecule has 15 heavy (non-hydrogen) atoms. The molecule has 0 fully saturated rings. The molecule has 4 heteroatoms. The van der Waals surface area contributed by atoms with Gasteiger partial charge < -0.3 is 5.73 Å². The first kappa shape index (κ1) is 9.71. The lowest BCUT2D eigenvalue weighted by Gasteiger charge is -2.02. The van der Waals surface area contributed by atoms with Gasteiger partial charge in [0.15, 0.2) is 0 Å². The molecule has 0 aromatic carbocycles. The highest BCUT2D eigenvalue weighted by Gasteiger charge is 2.01. The summed E-state index contributed by atoms with van der Waals surface area (Å²) < 4.78 is 1.81. The summed E-state index contributed by atoms with van der Waals surface area (Å²) >= 11 is 0. The van der Waals surface area contributed by atoms with Crippen molar-refractivity contribution in [2.75, 3.05) is 5.73 Å². The Kier molecular flexibility index (Phi) is 2.67. The number of nitrogens with two attached hydrogens (primary N) is 1. The van der Waals surface area contributed by atoms with Crippen molar-refractivity contribution in [2.24, 2.45) is 7.05 Å². The standard InChI is InChI=1S/C11H14N4/c1-15-8-9(7-14-15)4-5-10-3-2-6-13-11(10)12/h2-3,6-8H,4-5H2,1H3,(H2,12,13). The van der Waals surface area contributed by atoms with Crippen LogP contribution in [0.15, 0.2) is 30.7 Å². The Morgan fingerprint density at radius 3 is 2.93 bits per heavy atom. The van der Waals surface area contributed by atoms with Crippen LogP contribution < -0.4 is 5.73 Å². The molecule has 0 aliphatic carbocycles. The number of hydrogen-bond donors (Lipinski definition) is 1. The Hall–Kier alpha value is -1.84. The van der Waals surface area contributed by atoms with Gasteiger partial charge in [0.05, 0.1) is 6.20 Å². The predicted octanol–water partition coefficient (Wildman–Crippen LogP) is 1.18. The Bertz CT molecular complexity index is 447. The minimum Gasteiger partial charge on any atom is -0.383 e. The number of nitrogen functional groups attached to an aromatic ring is 1. The molecule has 2 aromatic rings. The van der Waals surface area contributed by atoms with Crippen molar-refractivity contribution in [3.63, 3.8) is 0 Å². The number of pyridine rings is 1. The number of nitrogens with zero attached hydrogens (tertiary/aromatic N) is 3. The van der Waals surface area contributed by atoms with Gasteiger partial charge in [-0.25, -0.2) is 4.98 Å². The van der Waals surface area contributed by atoms with E-state index in [2.05, 4.69) is 10.1 Å². The predicted molar refractivity (Wildman–Crippen MR) is 59.3 cm³/mol. The third kappa shape index (κ3) is 2.34. The van der Waals surface area contributed by atoms with Crippen LogP contribution in [0.2, 0.25) is 0 Å². The van der Waals surface area contributed by atoms with Crippen LogP contribution in [0, 0.1) is 0 Å². The number of aromatic nitrogens is 3. The fraction of sp³-hybridized carbons (Fsp3) is 0.273. The van der Waals surface area contributed by atoms with Gasteiger partial charge in [-0.1, -0.05) is 6.07 Å². The second-order valence-electron chi connectivity index (χ2n) is 3.57. The minimum atomic E-state index is 0.626. The maximum absolute atomic E-state index is 5.76. The first-order valence-electron chi connectivity index (χ1n) is 4.92. The molecule has 4 nitrogen and oxygen atoms in total. The molecule has 0 amide bonds. The SMILES string of the molecule is Cn1cc(CCc2cccnc2N)cn1. The summed E-state index contributed by atoms with van der Waals surface area (Å²) in [6, 6.07) is 3.92. The summed E-state index contributed by atoms with van der Waals surface area (Å²) in [7, 11) is 1.92. The molecule has 78 valence electrons. The quantitative estimate of drug-likeness (QED) is 0.813. The second-order valence-corrected chi connectivity index (χ2v) is 3.57. The van der Waals surface area contributed by atoms with Crippen LogP contribution in [0.5, 0.6) is 0 Å². The molecule has 2 N–H and O–H groups in total. The van der Waals surface area contributed by atoms with E-state index in [1.165, 1.54) is 5.56 Å². The Morgan fingerprint density at radius 2 is 2.27 bits per heavy atom. The lowest BCUT2D eigenvalue weighted by Crippen LogP contribution is -1.98. The first-order valence-corrected chi connectivity index (χ1v) is 4.92.